The van der Waals surface area contributed by atoms with Crippen LogP contribution in [-0.4, -0.2) is 35.6 Å². The molecule has 130 valence electrons. The highest BCUT2D eigenvalue weighted by atomic mass is 16.4. The zero-order chi connectivity index (χ0) is 17.5. The quantitative estimate of drug-likeness (QED) is 0.663. The van der Waals surface area contributed by atoms with E-state index in [1.54, 1.807) is 19.1 Å². The van der Waals surface area contributed by atoms with Gasteiger partial charge < -0.3 is 21.1 Å². The normalized spacial score (nSPS) is 14.7. The summed E-state index contributed by atoms with van der Waals surface area (Å²) in [6.07, 6.45) is 5.34. The Hall–Kier alpha value is -2.57. The molecule has 4 N–H and O–H groups in total. The van der Waals surface area contributed by atoms with Crippen LogP contribution in [0.25, 0.3) is 0 Å². The molecule has 1 fully saturated rings. The van der Waals surface area contributed by atoms with Crippen LogP contribution < -0.4 is 16.0 Å². The van der Waals surface area contributed by atoms with E-state index in [4.69, 9.17) is 0 Å². The minimum absolute atomic E-state index is 0.0232. The predicted octanol–water partition coefficient (Wildman–Crippen LogP) is 2.26. The number of carbonyl (C=O) groups excluding carboxylic acids is 2. The monoisotopic (exact) mass is 333 g/mol. The molecule has 2 rings (SSSR count). The molecule has 0 heterocycles. The molecular formula is C17H23N3O4. The topological polar surface area (TPSA) is 108 Å². The van der Waals surface area contributed by atoms with Gasteiger partial charge in [0, 0.05) is 6.04 Å². The largest absolute Gasteiger partial charge is 0.478 e. The minimum Gasteiger partial charge on any atom is -0.478 e. The van der Waals surface area contributed by atoms with Crippen LogP contribution in [0.15, 0.2) is 18.2 Å². The first-order valence-electron chi connectivity index (χ1n) is 8.14. The van der Waals surface area contributed by atoms with E-state index in [0.717, 1.165) is 31.2 Å². The molecule has 0 atom stereocenters. The molecule has 24 heavy (non-hydrogen) atoms. The molecule has 3 amide bonds. The molecule has 0 radical (unpaired) electrons. The van der Waals surface area contributed by atoms with Crippen LogP contribution in [0.4, 0.5) is 10.5 Å². The van der Waals surface area contributed by atoms with Crippen LogP contribution in [0.2, 0.25) is 0 Å². The highest BCUT2D eigenvalue weighted by molar-refractivity contribution is 6.01. The van der Waals surface area contributed by atoms with Crippen molar-refractivity contribution in [1.29, 1.82) is 0 Å². The maximum absolute atomic E-state index is 11.9. The third-order valence-corrected chi connectivity index (χ3v) is 4.03. The van der Waals surface area contributed by atoms with Gasteiger partial charge >= 0.3 is 12.0 Å². The van der Waals surface area contributed by atoms with Crippen molar-refractivity contribution in [2.24, 2.45) is 0 Å². The lowest BCUT2D eigenvalue weighted by Crippen LogP contribution is -2.45. The van der Waals surface area contributed by atoms with Crippen LogP contribution in [0.5, 0.6) is 0 Å². The molecule has 0 unspecified atom stereocenters. The number of benzene rings is 1. The number of carboxylic acid groups (broad SMARTS) is 1. The lowest BCUT2D eigenvalue weighted by Gasteiger charge is -2.22. The second kappa shape index (κ2) is 8.33. The molecule has 1 aromatic carbocycles. The molecule has 7 nitrogen and oxygen atoms in total. The number of carbonyl (C=O) groups is 3. The lowest BCUT2D eigenvalue weighted by molar-refractivity contribution is -0.115. The van der Waals surface area contributed by atoms with Gasteiger partial charge in [-0.2, -0.15) is 0 Å². The van der Waals surface area contributed by atoms with Crippen molar-refractivity contribution in [3.8, 4) is 0 Å². The van der Waals surface area contributed by atoms with Crippen molar-refractivity contribution in [3.05, 3.63) is 29.3 Å². The zero-order valence-electron chi connectivity index (χ0n) is 13.7. The fourth-order valence-electron chi connectivity index (χ4n) is 2.78. The Morgan fingerprint density at radius 2 is 1.88 bits per heavy atom. The van der Waals surface area contributed by atoms with Gasteiger partial charge in [-0.05, 0) is 31.9 Å². The van der Waals surface area contributed by atoms with Gasteiger partial charge in [-0.3, -0.25) is 4.79 Å². The van der Waals surface area contributed by atoms with Crippen LogP contribution in [-0.2, 0) is 4.79 Å². The van der Waals surface area contributed by atoms with Crippen molar-refractivity contribution >= 4 is 23.6 Å². The van der Waals surface area contributed by atoms with E-state index >= 15 is 0 Å². The van der Waals surface area contributed by atoms with E-state index in [0.29, 0.717) is 0 Å². The Kier molecular flexibility index (Phi) is 6.17. The molecule has 0 aromatic heterocycles. The van der Waals surface area contributed by atoms with E-state index in [1.807, 2.05) is 0 Å². The standard InChI is InChI=1S/C17H23N3O4/c1-11-7-8-14(13(9-11)16(22)23)20-15(21)10-18-17(24)19-12-5-3-2-4-6-12/h7-9,12H,2-6,10H2,1H3,(H,20,21)(H,22,23)(H2,18,19,24). The fourth-order valence-corrected chi connectivity index (χ4v) is 2.78. The maximum Gasteiger partial charge on any atom is 0.337 e. The third kappa shape index (κ3) is 5.26. The number of anilines is 1. The lowest BCUT2D eigenvalue weighted by atomic mass is 9.96. The summed E-state index contributed by atoms with van der Waals surface area (Å²) in [5, 5.41) is 17.0. The Morgan fingerprint density at radius 3 is 2.54 bits per heavy atom. The molecule has 0 bridgehead atoms. The van der Waals surface area contributed by atoms with Gasteiger partial charge in [0.25, 0.3) is 0 Å². The number of hydrogen-bond acceptors (Lipinski definition) is 3. The van der Waals surface area contributed by atoms with Gasteiger partial charge in [0.1, 0.15) is 0 Å². The number of amides is 3. The average molecular weight is 333 g/mol. The number of aromatic carboxylic acids is 1. The summed E-state index contributed by atoms with van der Waals surface area (Å²) in [6.45, 7) is 1.56. The van der Waals surface area contributed by atoms with E-state index in [2.05, 4.69) is 16.0 Å². The molecule has 0 spiro atoms. The smallest absolute Gasteiger partial charge is 0.337 e. The summed E-state index contributed by atoms with van der Waals surface area (Å²) in [6, 6.07) is 4.53. The second-order valence-electron chi connectivity index (χ2n) is 6.06. The SMILES string of the molecule is Cc1ccc(NC(=O)CNC(=O)NC2CCCCC2)c(C(=O)O)c1. The Labute approximate surface area is 140 Å². The molecule has 1 aliphatic carbocycles. The summed E-state index contributed by atoms with van der Waals surface area (Å²) in [5.74, 6) is -1.59. The number of hydrogen-bond donors (Lipinski definition) is 4. The van der Waals surface area contributed by atoms with Gasteiger partial charge in [0.15, 0.2) is 0 Å². The summed E-state index contributed by atoms with van der Waals surface area (Å²) < 4.78 is 0. The van der Waals surface area contributed by atoms with Crippen LogP contribution in [0.3, 0.4) is 0 Å². The van der Waals surface area contributed by atoms with Crippen LogP contribution in [0.1, 0.15) is 48.0 Å². The van der Waals surface area contributed by atoms with Crippen molar-refractivity contribution in [2.75, 3.05) is 11.9 Å². The molecule has 1 aromatic rings. The van der Waals surface area contributed by atoms with Gasteiger partial charge in [0.2, 0.25) is 5.91 Å². The van der Waals surface area contributed by atoms with E-state index in [-0.39, 0.29) is 29.9 Å². The zero-order valence-corrected chi connectivity index (χ0v) is 13.7. The van der Waals surface area contributed by atoms with E-state index in [9.17, 15) is 19.5 Å². The molecule has 1 saturated carbocycles. The summed E-state index contributed by atoms with van der Waals surface area (Å²) >= 11 is 0. The molecule has 0 aliphatic heterocycles. The molecular weight excluding hydrogens is 310 g/mol. The van der Waals surface area contributed by atoms with Gasteiger partial charge in [0.05, 0.1) is 17.8 Å². The predicted molar refractivity (Wildman–Crippen MR) is 90.2 cm³/mol. The second-order valence-corrected chi connectivity index (χ2v) is 6.06. The van der Waals surface area contributed by atoms with Gasteiger partial charge in [-0.1, -0.05) is 30.9 Å². The molecule has 1 aliphatic rings. The van der Waals surface area contributed by atoms with Crippen molar-refractivity contribution in [1.82, 2.24) is 10.6 Å². The fraction of sp³-hybridized carbons (Fsp3) is 0.471. The summed E-state index contributed by atoms with van der Waals surface area (Å²) in [4.78, 5) is 34.9. The first-order valence-corrected chi connectivity index (χ1v) is 8.14. The number of aryl methyl sites for hydroxylation is 1. The van der Waals surface area contributed by atoms with Gasteiger partial charge in [-0.15, -0.1) is 0 Å². The average Bonchev–Trinajstić information content (AvgIpc) is 2.55. The van der Waals surface area contributed by atoms with Crippen LogP contribution >= 0.6 is 0 Å². The van der Waals surface area contributed by atoms with Crippen molar-refractivity contribution in [2.45, 2.75) is 45.1 Å². The first kappa shape index (κ1) is 17.8. The van der Waals surface area contributed by atoms with Crippen molar-refractivity contribution < 1.29 is 19.5 Å². The Balaban J connectivity index is 1.83. The Bertz CT molecular complexity index is 624. The van der Waals surface area contributed by atoms with Gasteiger partial charge in [-0.25, -0.2) is 9.59 Å². The van der Waals surface area contributed by atoms with Crippen LogP contribution in [0, 0.1) is 6.92 Å². The Morgan fingerprint density at radius 1 is 1.17 bits per heavy atom. The first-order chi connectivity index (χ1) is 11.5. The van der Waals surface area contributed by atoms with E-state index < -0.39 is 11.9 Å². The summed E-state index contributed by atoms with van der Waals surface area (Å²) in [7, 11) is 0. The number of carboxylic acids is 1. The highest BCUT2D eigenvalue weighted by Gasteiger charge is 2.17. The summed E-state index contributed by atoms with van der Waals surface area (Å²) in [5.41, 5.74) is 1.03. The molecule has 0 saturated heterocycles. The third-order valence-electron chi connectivity index (χ3n) is 4.03. The minimum atomic E-state index is -1.11. The van der Waals surface area contributed by atoms with E-state index in [1.165, 1.54) is 12.5 Å². The molecule has 7 heteroatoms. The highest BCUT2D eigenvalue weighted by Crippen LogP contribution is 2.18. The van der Waals surface area contributed by atoms with Crippen molar-refractivity contribution in [3.63, 3.8) is 0 Å². The number of rotatable bonds is 5. The number of nitrogens with one attached hydrogen (secondary N) is 3. The number of urea groups is 1. The maximum atomic E-state index is 11.9.